The van der Waals surface area contributed by atoms with Crippen molar-refractivity contribution in [3.05, 3.63) is 24.0 Å². The number of nitrogens with zero attached hydrogens (tertiary/aromatic N) is 1. The highest BCUT2D eigenvalue weighted by Gasteiger charge is 1.99. The normalized spacial score (nSPS) is 10.9. The minimum Gasteiger partial charge on any atom is -0.399 e. The number of hydrogen-bond donors (Lipinski definition) is 1. The molecule has 1 rings (SSSR count). The highest BCUT2D eigenvalue weighted by atomic mass is 32.2. The molecule has 0 atom stereocenters. The second-order valence-electron chi connectivity index (χ2n) is 3.37. The number of benzene rings is 1. The number of anilines is 1. The zero-order chi connectivity index (χ0) is 10.6. The third-order valence-corrected chi connectivity index (χ3v) is 2.66. The minimum absolute atomic E-state index is 0.266. The van der Waals surface area contributed by atoms with Gasteiger partial charge in [0.2, 0.25) is 0 Å². The Morgan fingerprint density at radius 2 is 2.07 bits per heavy atom. The largest absolute Gasteiger partial charge is 0.399 e. The molecule has 2 N–H and O–H groups in total. The fourth-order valence-corrected chi connectivity index (χ4v) is 2.12. The highest BCUT2D eigenvalue weighted by Crippen LogP contribution is 2.21. The monoisotopic (exact) mass is 214 g/mol. The molecule has 0 fully saturated rings. The van der Waals surface area contributed by atoms with Crippen LogP contribution in [-0.4, -0.2) is 31.3 Å². The maximum absolute atomic E-state index is 12.9. The topological polar surface area (TPSA) is 29.3 Å². The Bertz CT molecular complexity index is 282. The van der Waals surface area contributed by atoms with Crippen molar-refractivity contribution < 1.29 is 4.39 Å². The third-order valence-electron chi connectivity index (χ3n) is 1.70. The average molecular weight is 214 g/mol. The van der Waals surface area contributed by atoms with E-state index in [0.29, 0.717) is 5.69 Å². The van der Waals surface area contributed by atoms with Crippen molar-refractivity contribution in [1.29, 1.82) is 0 Å². The van der Waals surface area contributed by atoms with Gasteiger partial charge in [-0.2, -0.15) is 0 Å². The van der Waals surface area contributed by atoms with Gasteiger partial charge in [-0.3, -0.25) is 0 Å². The summed E-state index contributed by atoms with van der Waals surface area (Å²) in [7, 11) is 4.03. The van der Waals surface area contributed by atoms with Gasteiger partial charge < -0.3 is 10.6 Å². The van der Waals surface area contributed by atoms with Crippen LogP contribution in [0.5, 0.6) is 0 Å². The lowest BCUT2D eigenvalue weighted by atomic mass is 10.3. The standard InChI is InChI=1S/C10H15FN2S/c1-13(2)3-4-14-10-6-8(11)5-9(12)7-10/h5-7H,3-4,12H2,1-2H3. The Labute approximate surface area is 88.3 Å². The summed E-state index contributed by atoms with van der Waals surface area (Å²) in [5.74, 6) is 0.674. The summed E-state index contributed by atoms with van der Waals surface area (Å²) in [5.41, 5.74) is 6.01. The summed E-state index contributed by atoms with van der Waals surface area (Å²) in [6.07, 6.45) is 0. The van der Waals surface area contributed by atoms with Gasteiger partial charge in [-0.25, -0.2) is 4.39 Å². The second-order valence-corrected chi connectivity index (χ2v) is 4.54. The second kappa shape index (κ2) is 5.22. The van der Waals surface area contributed by atoms with Crippen LogP contribution in [0, 0.1) is 5.82 Å². The average Bonchev–Trinajstić information content (AvgIpc) is 2.01. The van der Waals surface area contributed by atoms with E-state index in [9.17, 15) is 4.39 Å². The van der Waals surface area contributed by atoms with Crippen molar-refractivity contribution in [2.24, 2.45) is 0 Å². The predicted molar refractivity (Wildman–Crippen MR) is 60.1 cm³/mol. The lowest BCUT2D eigenvalue weighted by molar-refractivity contribution is 0.437. The van der Waals surface area contributed by atoms with Crippen LogP contribution in [0.25, 0.3) is 0 Å². The van der Waals surface area contributed by atoms with E-state index in [1.165, 1.54) is 12.1 Å². The fraction of sp³-hybridized carbons (Fsp3) is 0.400. The van der Waals surface area contributed by atoms with E-state index in [0.717, 1.165) is 17.2 Å². The van der Waals surface area contributed by atoms with Gasteiger partial charge in [0, 0.05) is 22.9 Å². The summed E-state index contributed by atoms with van der Waals surface area (Å²) in [4.78, 5) is 2.99. The minimum atomic E-state index is -0.266. The number of rotatable bonds is 4. The summed E-state index contributed by atoms with van der Waals surface area (Å²) < 4.78 is 12.9. The van der Waals surface area contributed by atoms with Crippen LogP contribution in [0.3, 0.4) is 0 Å². The SMILES string of the molecule is CN(C)CCSc1cc(N)cc(F)c1. The predicted octanol–water partition coefficient (Wildman–Crippen LogP) is 2.06. The van der Waals surface area contributed by atoms with Gasteiger partial charge in [0.15, 0.2) is 0 Å². The van der Waals surface area contributed by atoms with Crippen molar-refractivity contribution in [2.45, 2.75) is 4.90 Å². The van der Waals surface area contributed by atoms with E-state index in [1.807, 2.05) is 14.1 Å². The van der Waals surface area contributed by atoms with Crippen molar-refractivity contribution in [2.75, 3.05) is 32.1 Å². The van der Waals surface area contributed by atoms with Crippen LogP contribution in [0.1, 0.15) is 0 Å². The molecule has 0 heterocycles. The molecule has 14 heavy (non-hydrogen) atoms. The molecule has 0 aliphatic heterocycles. The number of hydrogen-bond acceptors (Lipinski definition) is 3. The molecule has 0 bridgehead atoms. The quantitative estimate of drug-likeness (QED) is 0.614. The molecule has 0 radical (unpaired) electrons. The van der Waals surface area contributed by atoms with Gasteiger partial charge in [-0.1, -0.05) is 0 Å². The lowest BCUT2D eigenvalue weighted by Gasteiger charge is -2.08. The molecular formula is C10H15FN2S. The molecule has 1 aromatic rings. The van der Waals surface area contributed by atoms with Crippen LogP contribution >= 0.6 is 11.8 Å². The summed E-state index contributed by atoms with van der Waals surface area (Å²) in [5, 5.41) is 0. The van der Waals surface area contributed by atoms with Crippen LogP contribution in [0.4, 0.5) is 10.1 Å². The molecule has 0 aliphatic carbocycles. The first-order chi connectivity index (χ1) is 6.58. The summed E-state index contributed by atoms with van der Waals surface area (Å²) in [6.45, 7) is 0.973. The van der Waals surface area contributed by atoms with Crippen molar-refractivity contribution in [3.8, 4) is 0 Å². The van der Waals surface area contributed by atoms with E-state index in [1.54, 1.807) is 17.8 Å². The lowest BCUT2D eigenvalue weighted by Crippen LogP contribution is -2.14. The molecule has 0 aromatic heterocycles. The van der Waals surface area contributed by atoms with E-state index < -0.39 is 0 Å². The van der Waals surface area contributed by atoms with E-state index >= 15 is 0 Å². The van der Waals surface area contributed by atoms with Crippen LogP contribution in [-0.2, 0) is 0 Å². The van der Waals surface area contributed by atoms with Gasteiger partial charge in [0.25, 0.3) is 0 Å². The molecule has 0 aliphatic rings. The van der Waals surface area contributed by atoms with E-state index in [4.69, 9.17) is 5.73 Å². The molecule has 1 aromatic carbocycles. The van der Waals surface area contributed by atoms with Crippen molar-refractivity contribution >= 4 is 17.4 Å². The smallest absolute Gasteiger partial charge is 0.126 e. The molecular weight excluding hydrogens is 199 g/mol. The first-order valence-corrected chi connectivity index (χ1v) is 5.40. The Balaban J connectivity index is 2.50. The molecule has 4 heteroatoms. The Hall–Kier alpha value is -0.740. The Morgan fingerprint density at radius 3 is 2.64 bits per heavy atom. The Kier molecular flexibility index (Phi) is 4.22. The third kappa shape index (κ3) is 3.98. The zero-order valence-electron chi connectivity index (χ0n) is 8.46. The van der Waals surface area contributed by atoms with Crippen LogP contribution in [0.2, 0.25) is 0 Å². The first-order valence-electron chi connectivity index (χ1n) is 4.41. The molecule has 0 spiro atoms. The molecule has 0 saturated carbocycles. The fourth-order valence-electron chi connectivity index (χ4n) is 1.01. The zero-order valence-corrected chi connectivity index (χ0v) is 9.27. The number of nitrogens with two attached hydrogens (primary N) is 1. The number of nitrogen functional groups attached to an aromatic ring is 1. The Morgan fingerprint density at radius 1 is 1.36 bits per heavy atom. The van der Waals surface area contributed by atoms with Gasteiger partial charge in [0.1, 0.15) is 5.82 Å². The number of thioether (sulfide) groups is 1. The van der Waals surface area contributed by atoms with E-state index in [2.05, 4.69) is 4.90 Å². The summed E-state index contributed by atoms with van der Waals surface area (Å²) >= 11 is 1.62. The van der Waals surface area contributed by atoms with Gasteiger partial charge in [-0.05, 0) is 32.3 Å². The maximum Gasteiger partial charge on any atom is 0.126 e. The maximum atomic E-state index is 12.9. The van der Waals surface area contributed by atoms with Gasteiger partial charge >= 0.3 is 0 Å². The first kappa shape index (κ1) is 11.3. The molecule has 78 valence electrons. The highest BCUT2D eigenvalue weighted by molar-refractivity contribution is 7.99. The molecule has 0 amide bonds. The van der Waals surface area contributed by atoms with Crippen molar-refractivity contribution in [3.63, 3.8) is 0 Å². The van der Waals surface area contributed by atoms with Crippen LogP contribution < -0.4 is 5.73 Å². The number of halogens is 1. The van der Waals surface area contributed by atoms with Crippen LogP contribution in [0.15, 0.2) is 23.1 Å². The molecule has 2 nitrogen and oxygen atoms in total. The van der Waals surface area contributed by atoms with Gasteiger partial charge in [-0.15, -0.1) is 11.8 Å². The van der Waals surface area contributed by atoms with Crippen molar-refractivity contribution in [1.82, 2.24) is 4.90 Å². The molecule has 0 saturated heterocycles. The molecule has 0 unspecified atom stereocenters. The van der Waals surface area contributed by atoms with E-state index in [-0.39, 0.29) is 5.82 Å². The summed E-state index contributed by atoms with van der Waals surface area (Å²) in [6, 6.07) is 4.64. The van der Waals surface area contributed by atoms with Gasteiger partial charge in [0.05, 0.1) is 0 Å².